The normalized spacial score (nSPS) is 31.6. The molecule has 2 aliphatic rings. The number of aromatic nitrogens is 1. The van der Waals surface area contributed by atoms with Gasteiger partial charge < -0.3 is 5.32 Å². The van der Waals surface area contributed by atoms with Gasteiger partial charge >= 0.3 is 0 Å². The standard InChI is InChI=1S/C11H10ClN3/c12-8-1-9-10(14-5-8)15-6-11(9)2-7(3-11)4-13/h1,5,7H,2-3,6H2,(H,14,15). The van der Waals surface area contributed by atoms with Gasteiger partial charge in [0.2, 0.25) is 0 Å². The minimum atomic E-state index is 0.133. The maximum absolute atomic E-state index is 8.82. The molecule has 0 amide bonds. The summed E-state index contributed by atoms with van der Waals surface area (Å²) in [6.07, 6.45) is 3.53. The monoisotopic (exact) mass is 219 g/mol. The van der Waals surface area contributed by atoms with Crippen LogP contribution in [0.3, 0.4) is 0 Å². The molecule has 2 heterocycles. The second-order valence-corrected chi connectivity index (χ2v) is 4.85. The predicted molar refractivity (Wildman–Crippen MR) is 57.8 cm³/mol. The van der Waals surface area contributed by atoms with E-state index in [-0.39, 0.29) is 11.3 Å². The van der Waals surface area contributed by atoms with Gasteiger partial charge in [-0.15, -0.1) is 0 Å². The Morgan fingerprint density at radius 2 is 2.40 bits per heavy atom. The van der Waals surface area contributed by atoms with Crippen molar-refractivity contribution in [1.82, 2.24) is 4.98 Å². The summed E-state index contributed by atoms with van der Waals surface area (Å²) in [5.41, 5.74) is 1.33. The van der Waals surface area contributed by atoms with Crippen molar-refractivity contribution in [1.29, 1.82) is 5.26 Å². The number of fused-ring (bicyclic) bond motifs is 2. The molecule has 76 valence electrons. The highest BCUT2D eigenvalue weighted by molar-refractivity contribution is 6.30. The molecule has 1 aliphatic heterocycles. The molecular formula is C11H10ClN3. The Kier molecular flexibility index (Phi) is 1.72. The van der Waals surface area contributed by atoms with Gasteiger partial charge in [-0.2, -0.15) is 5.26 Å². The summed E-state index contributed by atoms with van der Waals surface area (Å²) < 4.78 is 0. The van der Waals surface area contributed by atoms with E-state index in [1.807, 2.05) is 6.07 Å². The highest BCUT2D eigenvalue weighted by Crippen LogP contribution is 2.52. The molecular weight excluding hydrogens is 210 g/mol. The van der Waals surface area contributed by atoms with Gasteiger partial charge in [0.1, 0.15) is 5.82 Å². The van der Waals surface area contributed by atoms with E-state index in [0.717, 1.165) is 25.2 Å². The molecule has 1 spiro atoms. The first-order chi connectivity index (χ1) is 7.23. The minimum Gasteiger partial charge on any atom is -0.369 e. The van der Waals surface area contributed by atoms with E-state index in [4.69, 9.17) is 16.9 Å². The van der Waals surface area contributed by atoms with Crippen LogP contribution in [0.1, 0.15) is 18.4 Å². The number of hydrogen-bond donors (Lipinski definition) is 1. The summed E-state index contributed by atoms with van der Waals surface area (Å²) in [4.78, 5) is 4.26. The van der Waals surface area contributed by atoms with E-state index >= 15 is 0 Å². The number of nitrogens with one attached hydrogen (secondary N) is 1. The van der Waals surface area contributed by atoms with Crippen LogP contribution in [0.15, 0.2) is 12.3 Å². The van der Waals surface area contributed by atoms with Crippen LogP contribution in [0.2, 0.25) is 5.02 Å². The molecule has 3 rings (SSSR count). The van der Waals surface area contributed by atoms with Gasteiger partial charge in [0.25, 0.3) is 0 Å². The van der Waals surface area contributed by atoms with Crippen LogP contribution in [0, 0.1) is 17.2 Å². The number of nitriles is 1. The van der Waals surface area contributed by atoms with Crippen LogP contribution >= 0.6 is 11.6 Å². The summed E-state index contributed by atoms with van der Waals surface area (Å²) in [6, 6.07) is 4.30. The van der Waals surface area contributed by atoms with E-state index in [2.05, 4.69) is 16.4 Å². The van der Waals surface area contributed by atoms with Crippen LogP contribution in [0.4, 0.5) is 5.82 Å². The summed E-state index contributed by atoms with van der Waals surface area (Å²) in [6.45, 7) is 0.897. The third kappa shape index (κ3) is 1.15. The third-order valence-electron chi connectivity index (χ3n) is 3.48. The van der Waals surface area contributed by atoms with Gasteiger partial charge in [-0.25, -0.2) is 4.98 Å². The Balaban J connectivity index is 1.99. The van der Waals surface area contributed by atoms with Crippen molar-refractivity contribution < 1.29 is 0 Å². The van der Waals surface area contributed by atoms with E-state index in [1.54, 1.807) is 6.20 Å². The molecule has 3 nitrogen and oxygen atoms in total. The molecule has 4 heteroatoms. The molecule has 0 aromatic carbocycles. The summed E-state index contributed by atoms with van der Waals surface area (Å²) >= 11 is 5.95. The molecule has 1 saturated carbocycles. The molecule has 0 atom stereocenters. The first-order valence-corrected chi connectivity index (χ1v) is 5.41. The average Bonchev–Trinajstić information content (AvgIpc) is 2.54. The lowest BCUT2D eigenvalue weighted by Crippen LogP contribution is -2.42. The second kappa shape index (κ2) is 2.86. The SMILES string of the molecule is N#CC1CC2(CNc3ncc(Cl)cc32)C1. The van der Waals surface area contributed by atoms with Crippen molar-refractivity contribution in [2.75, 3.05) is 11.9 Å². The summed E-state index contributed by atoms with van der Waals surface area (Å²) in [5, 5.41) is 12.8. The van der Waals surface area contributed by atoms with Crippen LogP contribution in [-0.4, -0.2) is 11.5 Å². The maximum Gasteiger partial charge on any atom is 0.129 e. The van der Waals surface area contributed by atoms with Crippen LogP contribution < -0.4 is 5.32 Å². The molecule has 1 aromatic heterocycles. The number of rotatable bonds is 0. The van der Waals surface area contributed by atoms with Crippen molar-refractivity contribution in [2.24, 2.45) is 5.92 Å². The smallest absolute Gasteiger partial charge is 0.129 e. The fourth-order valence-corrected chi connectivity index (χ4v) is 2.83. The summed E-state index contributed by atoms with van der Waals surface area (Å²) in [5.74, 6) is 1.15. The van der Waals surface area contributed by atoms with Crippen LogP contribution in [-0.2, 0) is 5.41 Å². The zero-order valence-electron chi connectivity index (χ0n) is 8.13. The summed E-state index contributed by atoms with van der Waals surface area (Å²) in [7, 11) is 0. The first-order valence-electron chi connectivity index (χ1n) is 5.03. The van der Waals surface area contributed by atoms with Gasteiger partial charge in [-0.05, 0) is 18.9 Å². The Morgan fingerprint density at radius 1 is 1.60 bits per heavy atom. The number of hydrogen-bond acceptors (Lipinski definition) is 3. The quantitative estimate of drug-likeness (QED) is 0.729. The average molecular weight is 220 g/mol. The molecule has 0 saturated heterocycles. The van der Waals surface area contributed by atoms with Crippen molar-refractivity contribution in [3.8, 4) is 6.07 Å². The van der Waals surface area contributed by atoms with Gasteiger partial charge in [0.15, 0.2) is 0 Å². The third-order valence-corrected chi connectivity index (χ3v) is 3.68. The molecule has 0 bridgehead atoms. The van der Waals surface area contributed by atoms with Crippen molar-refractivity contribution in [3.05, 3.63) is 22.8 Å². The molecule has 0 unspecified atom stereocenters. The number of anilines is 1. The van der Waals surface area contributed by atoms with Gasteiger partial charge in [-0.1, -0.05) is 11.6 Å². The highest BCUT2D eigenvalue weighted by atomic mass is 35.5. The van der Waals surface area contributed by atoms with Gasteiger partial charge in [-0.3, -0.25) is 0 Å². The second-order valence-electron chi connectivity index (χ2n) is 4.42. The van der Waals surface area contributed by atoms with E-state index in [9.17, 15) is 0 Å². The first kappa shape index (κ1) is 8.99. The number of nitrogens with zero attached hydrogens (tertiary/aromatic N) is 2. The molecule has 1 fully saturated rings. The topological polar surface area (TPSA) is 48.7 Å². The maximum atomic E-state index is 8.82. The molecule has 15 heavy (non-hydrogen) atoms. The van der Waals surface area contributed by atoms with Gasteiger partial charge in [0.05, 0.1) is 11.1 Å². The lowest BCUT2D eigenvalue weighted by Gasteiger charge is -2.41. The van der Waals surface area contributed by atoms with Gasteiger partial charge in [0, 0.05) is 29.6 Å². The fourth-order valence-electron chi connectivity index (χ4n) is 2.67. The van der Waals surface area contributed by atoms with Crippen molar-refractivity contribution >= 4 is 17.4 Å². The van der Waals surface area contributed by atoms with Crippen molar-refractivity contribution in [3.63, 3.8) is 0 Å². The Hall–Kier alpha value is -1.27. The Bertz CT molecular complexity index is 457. The van der Waals surface area contributed by atoms with E-state index in [0.29, 0.717) is 5.02 Å². The van der Waals surface area contributed by atoms with E-state index in [1.165, 1.54) is 5.56 Å². The molecule has 1 aromatic rings. The lowest BCUT2D eigenvalue weighted by molar-refractivity contribution is 0.208. The lowest BCUT2D eigenvalue weighted by atomic mass is 9.60. The predicted octanol–water partition coefficient (Wildman–Crippen LogP) is 2.33. The molecule has 1 N–H and O–H groups in total. The molecule has 1 aliphatic carbocycles. The Labute approximate surface area is 93.1 Å². The molecule has 0 radical (unpaired) electrons. The van der Waals surface area contributed by atoms with Crippen LogP contribution in [0.25, 0.3) is 0 Å². The van der Waals surface area contributed by atoms with E-state index < -0.39 is 0 Å². The Morgan fingerprint density at radius 3 is 3.13 bits per heavy atom. The number of halogens is 1. The fraction of sp³-hybridized carbons (Fsp3) is 0.455. The highest BCUT2D eigenvalue weighted by Gasteiger charge is 2.50. The largest absolute Gasteiger partial charge is 0.369 e. The minimum absolute atomic E-state index is 0.133. The van der Waals surface area contributed by atoms with Crippen molar-refractivity contribution in [2.45, 2.75) is 18.3 Å². The zero-order valence-corrected chi connectivity index (χ0v) is 8.88. The number of pyridine rings is 1. The zero-order chi connectivity index (χ0) is 10.5. The van der Waals surface area contributed by atoms with Crippen LogP contribution in [0.5, 0.6) is 0 Å².